The van der Waals surface area contributed by atoms with E-state index in [4.69, 9.17) is 9.88 Å². The highest BCUT2D eigenvalue weighted by Gasteiger charge is 2.50. The lowest BCUT2D eigenvalue weighted by Crippen LogP contribution is -2.54. The van der Waals surface area contributed by atoms with Crippen LogP contribution in [0.5, 0.6) is 0 Å². The van der Waals surface area contributed by atoms with Crippen LogP contribution < -0.4 is 5.14 Å². The first-order chi connectivity index (χ1) is 9.01. The average Bonchev–Trinajstić information content (AvgIpc) is 2.22. The topological polar surface area (TPSA) is 89.7 Å². The van der Waals surface area contributed by atoms with Crippen LogP contribution in [0.1, 0.15) is 46.5 Å². The number of primary sulfonamides is 1. The lowest BCUT2D eigenvalue weighted by Gasteiger charge is -2.51. The maximum Gasteiger partial charge on any atom is 0.410 e. The van der Waals surface area contributed by atoms with Crippen molar-refractivity contribution in [2.75, 3.05) is 13.1 Å². The molecule has 1 amide bonds. The molecule has 0 aromatic rings. The average molecular weight is 304 g/mol. The van der Waals surface area contributed by atoms with Gasteiger partial charge in [-0.2, -0.15) is 0 Å². The molecule has 1 heterocycles. The molecule has 0 aromatic heterocycles. The fraction of sp³-hybridized carbons (Fsp3) is 0.923. The molecule has 2 rings (SSSR count). The molecule has 0 bridgehead atoms. The number of piperidine rings is 1. The minimum Gasteiger partial charge on any atom is -0.444 e. The smallest absolute Gasteiger partial charge is 0.410 e. The van der Waals surface area contributed by atoms with Gasteiger partial charge in [0, 0.05) is 13.1 Å². The molecule has 2 fully saturated rings. The van der Waals surface area contributed by atoms with Crippen LogP contribution in [0.4, 0.5) is 4.79 Å². The summed E-state index contributed by atoms with van der Waals surface area (Å²) in [5.74, 6) is 0. The summed E-state index contributed by atoms with van der Waals surface area (Å²) in [6.45, 7) is 6.80. The second-order valence-corrected chi connectivity index (χ2v) is 8.93. The van der Waals surface area contributed by atoms with Crippen LogP contribution in [0, 0.1) is 5.41 Å². The maximum absolute atomic E-state index is 11.9. The van der Waals surface area contributed by atoms with Crippen molar-refractivity contribution in [1.82, 2.24) is 4.90 Å². The first-order valence-electron chi connectivity index (χ1n) is 7.00. The monoisotopic (exact) mass is 304 g/mol. The van der Waals surface area contributed by atoms with Crippen molar-refractivity contribution in [2.24, 2.45) is 10.6 Å². The summed E-state index contributed by atoms with van der Waals surface area (Å²) in [6.07, 6.45) is 2.65. The van der Waals surface area contributed by atoms with Crippen molar-refractivity contribution in [2.45, 2.75) is 57.3 Å². The van der Waals surface area contributed by atoms with Crippen molar-refractivity contribution in [3.05, 3.63) is 0 Å². The van der Waals surface area contributed by atoms with Crippen LogP contribution in [0.15, 0.2) is 0 Å². The van der Waals surface area contributed by atoms with E-state index in [1.54, 1.807) is 4.90 Å². The standard InChI is InChI=1S/C13H24N2O4S/c1-12(2,3)19-11(16)15-6-4-13(5-7-15)8-10(9-13)20(14,17)18/h10H,4-9H2,1-3H3,(H2,14,17,18). The van der Waals surface area contributed by atoms with E-state index in [0.717, 1.165) is 12.8 Å². The van der Waals surface area contributed by atoms with Gasteiger partial charge in [-0.3, -0.25) is 0 Å². The normalized spacial score (nSPS) is 23.5. The van der Waals surface area contributed by atoms with Gasteiger partial charge in [-0.05, 0) is 51.9 Å². The summed E-state index contributed by atoms with van der Waals surface area (Å²) >= 11 is 0. The van der Waals surface area contributed by atoms with Gasteiger partial charge >= 0.3 is 6.09 Å². The van der Waals surface area contributed by atoms with Crippen molar-refractivity contribution in [3.63, 3.8) is 0 Å². The van der Waals surface area contributed by atoms with Crippen LogP contribution in [0.25, 0.3) is 0 Å². The van der Waals surface area contributed by atoms with Crippen LogP contribution in [0.3, 0.4) is 0 Å². The minimum atomic E-state index is -3.40. The first kappa shape index (κ1) is 15.6. The summed E-state index contributed by atoms with van der Waals surface area (Å²) in [4.78, 5) is 13.7. The highest BCUT2D eigenvalue weighted by molar-refractivity contribution is 7.89. The molecule has 6 nitrogen and oxygen atoms in total. The van der Waals surface area contributed by atoms with Crippen molar-refractivity contribution >= 4 is 16.1 Å². The number of ether oxygens (including phenoxy) is 1. The number of hydrogen-bond donors (Lipinski definition) is 1. The van der Waals surface area contributed by atoms with Gasteiger partial charge in [0.25, 0.3) is 0 Å². The molecule has 0 unspecified atom stereocenters. The molecule has 1 aliphatic heterocycles. The number of nitrogens with zero attached hydrogens (tertiary/aromatic N) is 1. The number of carbonyl (C=O) groups is 1. The summed E-state index contributed by atoms with van der Waals surface area (Å²) in [5, 5.41) is 4.77. The van der Waals surface area contributed by atoms with Gasteiger partial charge in [0.15, 0.2) is 0 Å². The molecule has 20 heavy (non-hydrogen) atoms. The quantitative estimate of drug-likeness (QED) is 0.794. The molecule has 1 saturated heterocycles. The van der Waals surface area contributed by atoms with E-state index in [1.165, 1.54) is 0 Å². The van der Waals surface area contributed by atoms with Crippen LogP contribution in [0.2, 0.25) is 0 Å². The third-order valence-corrected chi connectivity index (χ3v) is 5.52. The number of likely N-dealkylation sites (tertiary alicyclic amines) is 1. The number of amides is 1. The van der Waals surface area contributed by atoms with E-state index < -0.39 is 20.9 Å². The Bertz CT molecular complexity index is 479. The van der Waals surface area contributed by atoms with E-state index >= 15 is 0 Å². The minimum absolute atomic E-state index is 0.0651. The van der Waals surface area contributed by atoms with Crippen LogP contribution in [-0.2, 0) is 14.8 Å². The van der Waals surface area contributed by atoms with Gasteiger partial charge < -0.3 is 9.64 Å². The Kier molecular flexibility index (Phi) is 3.79. The number of nitrogens with two attached hydrogens (primary N) is 1. The Morgan fingerprint density at radius 1 is 1.25 bits per heavy atom. The summed E-state index contributed by atoms with van der Waals surface area (Å²) < 4.78 is 27.9. The Labute approximate surface area is 120 Å². The van der Waals surface area contributed by atoms with E-state index in [-0.39, 0.29) is 11.5 Å². The van der Waals surface area contributed by atoms with Crippen molar-refractivity contribution in [1.29, 1.82) is 0 Å². The Balaban J connectivity index is 1.84. The molecule has 7 heteroatoms. The molecule has 1 aliphatic carbocycles. The summed E-state index contributed by atoms with van der Waals surface area (Å²) in [7, 11) is -3.40. The van der Waals surface area contributed by atoms with Crippen molar-refractivity contribution < 1.29 is 17.9 Å². The second-order valence-electron chi connectivity index (χ2n) is 7.09. The second kappa shape index (κ2) is 4.87. The number of hydrogen-bond acceptors (Lipinski definition) is 4. The zero-order valence-corrected chi connectivity index (χ0v) is 13.2. The third kappa shape index (κ3) is 3.44. The largest absolute Gasteiger partial charge is 0.444 e. The molecule has 116 valence electrons. The molecular weight excluding hydrogens is 280 g/mol. The van der Waals surface area contributed by atoms with E-state index in [1.807, 2.05) is 20.8 Å². The lowest BCUT2D eigenvalue weighted by molar-refractivity contribution is -0.00428. The molecule has 0 radical (unpaired) electrons. The van der Waals surface area contributed by atoms with E-state index in [0.29, 0.717) is 25.9 Å². The molecule has 2 N–H and O–H groups in total. The lowest BCUT2D eigenvalue weighted by atomic mass is 9.63. The Morgan fingerprint density at radius 2 is 1.75 bits per heavy atom. The predicted octanol–water partition coefficient (Wildman–Crippen LogP) is 1.45. The van der Waals surface area contributed by atoms with Gasteiger partial charge in [-0.15, -0.1) is 0 Å². The van der Waals surface area contributed by atoms with Gasteiger partial charge in [-0.1, -0.05) is 0 Å². The van der Waals surface area contributed by atoms with Crippen LogP contribution >= 0.6 is 0 Å². The number of rotatable bonds is 1. The molecule has 1 saturated carbocycles. The maximum atomic E-state index is 11.9. The van der Waals surface area contributed by atoms with Gasteiger partial charge in [0.2, 0.25) is 10.0 Å². The SMILES string of the molecule is CC(C)(C)OC(=O)N1CCC2(CC1)CC(S(N)(=O)=O)C2. The van der Waals surface area contributed by atoms with Crippen LogP contribution in [-0.4, -0.2) is 43.4 Å². The van der Waals surface area contributed by atoms with Gasteiger partial charge in [0.05, 0.1) is 5.25 Å². The predicted molar refractivity (Wildman–Crippen MR) is 75.6 cm³/mol. The molecule has 1 spiro atoms. The fourth-order valence-electron chi connectivity index (χ4n) is 3.04. The number of sulfonamides is 1. The summed E-state index contributed by atoms with van der Waals surface area (Å²) in [6, 6.07) is 0. The zero-order valence-electron chi connectivity index (χ0n) is 12.4. The highest BCUT2D eigenvalue weighted by Crippen LogP contribution is 2.51. The summed E-state index contributed by atoms with van der Waals surface area (Å²) in [5.41, 5.74) is -0.420. The van der Waals surface area contributed by atoms with Gasteiger partial charge in [-0.25, -0.2) is 18.4 Å². The Morgan fingerprint density at radius 3 is 2.15 bits per heavy atom. The highest BCUT2D eigenvalue weighted by atomic mass is 32.2. The van der Waals surface area contributed by atoms with Gasteiger partial charge in [0.1, 0.15) is 5.60 Å². The molecular formula is C13H24N2O4S. The number of carbonyl (C=O) groups excluding carboxylic acids is 1. The first-order valence-corrected chi connectivity index (χ1v) is 8.61. The molecule has 2 aliphatic rings. The molecule has 0 atom stereocenters. The van der Waals surface area contributed by atoms with Crippen molar-refractivity contribution in [3.8, 4) is 0 Å². The Hall–Kier alpha value is -0.820. The van der Waals surface area contributed by atoms with E-state index in [2.05, 4.69) is 0 Å². The molecule has 0 aromatic carbocycles. The zero-order chi connectivity index (χ0) is 15.2. The fourth-order valence-corrected chi connectivity index (χ4v) is 4.21. The van der Waals surface area contributed by atoms with E-state index in [9.17, 15) is 13.2 Å². The third-order valence-electron chi connectivity index (χ3n) is 4.26.